The van der Waals surface area contributed by atoms with Crippen molar-refractivity contribution < 1.29 is 19.0 Å². The maximum absolute atomic E-state index is 13.5. The molecule has 1 atom stereocenters. The lowest BCUT2D eigenvalue weighted by Gasteiger charge is -2.33. The summed E-state index contributed by atoms with van der Waals surface area (Å²) in [5.41, 5.74) is 2.79. The van der Waals surface area contributed by atoms with Gasteiger partial charge in [0.25, 0.3) is 5.91 Å². The molecule has 2 heterocycles. The second-order valence-electron chi connectivity index (χ2n) is 7.75. The second-order valence-corrected chi connectivity index (χ2v) is 7.75. The predicted octanol–water partition coefficient (Wildman–Crippen LogP) is 3.37. The number of methoxy groups -OCH3 is 3. The number of carbonyl (C=O) groups excluding carboxylic acids is 1. The van der Waals surface area contributed by atoms with Gasteiger partial charge >= 0.3 is 0 Å². The highest BCUT2D eigenvalue weighted by molar-refractivity contribution is 5.97. The number of amides is 1. The van der Waals surface area contributed by atoms with E-state index >= 15 is 0 Å². The maximum Gasteiger partial charge on any atom is 0.254 e. The predicted molar refractivity (Wildman–Crippen MR) is 119 cm³/mol. The minimum Gasteiger partial charge on any atom is -0.493 e. The van der Waals surface area contributed by atoms with Gasteiger partial charge in [-0.05, 0) is 72.5 Å². The van der Waals surface area contributed by atoms with Gasteiger partial charge in [-0.3, -0.25) is 4.79 Å². The molecule has 0 spiro atoms. The van der Waals surface area contributed by atoms with Gasteiger partial charge in [-0.1, -0.05) is 0 Å². The number of hydrogen-bond acceptors (Lipinski definition) is 7. The van der Waals surface area contributed by atoms with E-state index in [9.17, 15) is 4.79 Å². The molecule has 0 aliphatic carbocycles. The van der Waals surface area contributed by atoms with Crippen molar-refractivity contribution in [2.24, 2.45) is 0 Å². The average molecular weight is 438 g/mol. The van der Waals surface area contributed by atoms with Crippen molar-refractivity contribution in [3.8, 4) is 34.1 Å². The first kappa shape index (κ1) is 21.6. The number of rotatable bonds is 6. The van der Waals surface area contributed by atoms with Crippen LogP contribution in [0.25, 0.3) is 16.8 Å². The molecule has 1 saturated heterocycles. The van der Waals surface area contributed by atoms with Crippen molar-refractivity contribution in [3.05, 3.63) is 42.2 Å². The lowest BCUT2D eigenvalue weighted by Crippen LogP contribution is -2.42. The van der Waals surface area contributed by atoms with Crippen LogP contribution >= 0.6 is 0 Å². The van der Waals surface area contributed by atoms with Crippen molar-refractivity contribution in [2.45, 2.75) is 32.2 Å². The van der Waals surface area contributed by atoms with E-state index in [0.717, 1.165) is 36.9 Å². The molecule has 0 N–H and O–H groups in total. The van der Waals surface area contributed by atoms with Gasteiger partial charge in [0.1, 0.15) is 6.33 Å². The highest BCUT2D eigenvalue weighted by Crippen LogP contribution is 2.44. The third-order valence-electron chi connectivity index (χ3n) is 5.86. The number of ether oxygens (including phenoxy) is 3. The number of benzene rings is 2. The maximum atomic E-state index is 13.5. The Morgan fingerprint density at radius 1 is 1.03 bits per heavy atom. The number of likely N-dealkylation sites (tertiary alicyclic amines) is 1. The number of piperidine rings is 1. The van der Waals surface area contributed by atoms with Gasteiger partial charge in [0.15, 0.2) is 11.5 Å². The first-order valence-electron chi connectivity index (χ1n) is 10.6. The summed E-state index contributed by atoms with van der Waals surface area (Å²) >= 11 is 0. The molecular weight excluding hydrogens is 410 g/mol. The van der Waals surface area contributed by atoms with Gasteiger partial charge in [-0.2, -0.15) is 0 Å². The summed E-state index contributed by atoms with van der Waals surface area (Å²) in [5, 5.41) is 11.5. The number of hydrogen-bond donors (Lipinski definition) is 0. The monoisotopic (exact) mass is 437 g/mol. The highest BCUT2D eigenvalue weighted by Gasteiger charge is 2.26. The van der Waals surface area contributed by atoms with Crippen molar-refractivity contribution in [1.29, 1.82) is 0 Å². The second kappa shape index (κ2) is 9.25. The minimum absolute atomic E-state index is 0.00665. The van der Waals surface area contributed by atoms with Gasteiger partial charge in [-0.25, -0.2) is 4.68 Å². The molecule has 1 aliphatic heterocycles. The third-order valence-corrected chi connectivity index (χ3v) is 5.86. The minimum atomic E-state index is -0.00665. The quantitative estimate of drug-likeness (QED) is 0.584. The molecule has 9 heteroatoms. The molecule has 1 amide bonds. The molecule has 3 aromatic rings. The number of aromatic nitrogens is 4. The van der Waals surface area contributed by atoms with E-state index in [1.807, 2.05) is 35.2 Å². The number of carbonyl (C=O) groups is 1. The third kappa shape index (κ3) is 3.98. The zero-order chi connectivity index (χ0) is 22.7. The van der Waals surface area contributed by atoms with Crippen molar-refractivity contribution in [1.82, 2.24) is 25.1 Å². The normalized spacial score (nSPS) is 16.0. The van der Waals surface area contributed by atoms with Crippen molar-refractivity contribution >= 4 is 5.91 Å². The molecule has 2 aromatic carbocycles. The summed E-state index contributed by atoms with van der Waals surface area (Å²) in [6, 6.07) is 9.51. The smallest absolute Gasteiger partial charge is 0.254 e. The summed E-state index contributed by atoms with van der Waals surface area (Å²) in [7, 11) is 4.72. The van der Waals surface area contributed by atoms with Gasteiger partial charge in [0, 0.05) is 23.7 Å². The van der Waals surface area contributed by atoms with E-state index in [4.69, 9.17) is 14.2 Å². The van der Waals surface area contributed by atoms with E-state index < -0.39 is 0 Å². The van der Waals surface area contributed by atoms with Crippen LogP contribution in [-0.2, 0) is 0 Å². The van der Waals surface area contributed by atoms with Crippen LogP contribution in [0.1, 0.15) is 36.5 Å². The molecule has 0 bridgehead atoms. The van der Waals surface area contributed by atoms with Crippen molar-refractivity contribution in [3.63, 3.8) is 0 Å². The topological polar surface area (TPSA) is 91.6 Å². The van der Waals surface area contributed by atoms with E-state index in [1.54, 1.807) is 21.3 Å². The fourth-order valence-corrected chi connectivity index (χ4v) is 4.20. The van der Waals surface area contributed by atoms with Gasteiger partial charge in [-0.15, -0.1) is 5.10 Å². The summed E-state index contributed by atoms with van der Waals surface area (Å²) in [6.45, 7) is 2.85. The van der Waals surface area contributed by atoms with Gasteiger partial charge in [0.05, 0.1) is 27.0 Å². The van der Waals surface area contributed by atoms with Crippen LogP contribution in [0, 0.1) is 0 Å². The Kier molecular flexibility index (Phi) is 6.25. The fraction of sp³-hybridized carbons (Fsp3) is 0.391. The SMILES string of the molecule is COc1ccc(-c2cc(C(=O)N3CCCCC3C)cc(-n3cnnn3)c2)c(OC)c1OC. The largest absolute Gasteiger partial charge is 0.493 e. The summed E-state index contributed by atoms with van der Waals surface area (Å²) in [6.07, 6.45) is 4.67. The Hall–Kier alpha value is -3.62. The van der Waals surface area contributed by atoms with Crippen LogP contribution in [0.3, 0.4) is 0 Å². The summed E-state index contributed by atoms with van der Waals surface area (Å²) < 4.78 is 18.2. The van der Waals surface area contributed by atoms with E-state index in [-0.39, 0.29) is 11.9 Å². The number of nitrogens with zero attached hydrogens (tertiary/aromatic N) is 5. The van der Waals surface area contributed by atoms with Crippen LogP contribution in [0.5, 0.6) is 17.2 Å². The van der Waals surface area contributed by atoms with E-state index in [1.165, 1.54) is 11.0 Å². The van der Waals surface area contributed by atoms with Crippen LogP contribution < -0.4 is 14.2 Å². The lowest BCUT2D eigenvalue weighted by molar-refractivity contribution is 0.0635. The zero-order valence-corrected chi connectivity index (χ0v) is 18.7. The Morgan fingerprint density at radius 2 is 1.84 bits per heavy atom. The summed E-state index contributed by atoms with van der Waals surface area (Å²) in [4.78, 5) is 15.4. The molecule has 1 unspecified atom stereocenters. The molecule has 168 valence electrons. The molecule has 1 fully saturated rings. The fourth-order valence-electron chi connectivity index (χ4n) is 4.20. The standard InChI is InChI=1S/C23H27N5O4/c1-15-7-5-6-10-27(15)23(29)17-11-16(12-18(13-17)28-14-24-25-26-28)19-8-9-20(30-2)22(32-4)21(19)31-3/h8-9,11-15H,5-7,10H2,1-4H3. The number of tetrazole rings is 1. The molecular formula is C23H27N5O4. The van der Waals surface area contributed by atoms with Gasteiger partial charge in [0.2, 0.25) is 5.75 Å². The van der Waals surface area contributed by atoms with Gasteiger partial charge < -0.3 is 19.1 Å². The first-order valence-corrected chi connectivity index (χ1v) is 10.6. The van der Waals surface area contributed by atoms with Crippen LogP contribution in [0.2, 0.25) is 0 Å². The van der Waals surface area contributed by atoms with Crippen LogP contribution in [0.4, 0.5) is 0 Å². The molecule has 9 nitrogen and oxygen atoms in total. The Bertz CT molecular complexity index is 1100. The Morgan fingerprint density at radius 3 is 2.50 bits per heavy atom. The van der Waals surface area contributed by atoms with Crippen molar-refractivity contribution in [2.75, 3.05) is 27.9 Å². The van der Waals surface area contributed by atoms with E-state index in [0.29, 0.717) is 28.5 Å². The molecule has 1 aliphatic rings. The molecule has 1 aromatic heterocycles. The Labute approximate surface area is 186 Å². The van der Waals surface area contributed by atoms with Crippen LogP contribution in [-0.4, -0.2) is 64.9 Å². The lowest BCUT2D eigenvalue weighted by atomic mass is 9.98. The average Bonchev–Trinajstić information content (AvgIpc) is 3.37. The molecule has 32 heavy (non-hydrogen) atoms. The molecule has 0 saturated carbocycles. The van der Waals surface area contributed by atoms with Crippen LogP contribution in [0.15, 0.2) is 36.7 Å². The molecule has 0 radical (unpaired) electrons. The Balaban J connectivity index is 1.87. The highest BCUT2D eigenvalue weighted by atomic mass is 16.5. The summed E-state index contributed by atoms with van der Waals surface area (Å²) in [5.74, 6) is 1.55. The molecule has 4 rings (SSSR count). The first-order chi connectivity index (χ1) is 15.6. The zero-order valence-electron chi connectivity index (χ0n) is 18.7. The van der Waals surface area contributed by atoms with E-state index in [2.05, 4.69) is 22.4 Å².